The topological polar surface area (TPSA) is 83.0 Å². The molecule has 7 nitrogen and oxygen atoms in total. The van der Waals surface area contributed by atoms with Gasteiger partial charge in [0.25, 0.3) is 0 Å². The zero-order valence-electron chi connectivity index (χ0n) is 14.2. The number of pyridine rings is 1. The molecule has 1 aromatic carbocycles. The summed E-state index contributed by atoms with van der Waals surface area (Å²) in [6.45, 7) is 4.27. The average molecular weight is 389 g/mol. The number of rotatable bonds is 4. The molecule has 134 valence electrons. The van der Waals surface area contributed by atoms with Crippen molar-refractivity contribution < 1.29 is 4.79 Å². The Balaban J connectivity index is 1.93. The van der Waals surface area contributed by atoms with Crippen molar-refractivity contribution in [3.8, 4) is 0 Å². The van der Waals surface area contributed by atoms with E-state index in [1.807, 2.05) is 26.0 Å². The Kier molecular flexibility index (Phi) is 5.43. The van der Waals surface area contributed by atoms with Gasteiger partial charge in [-0.3, -0.25) is 0 Å². The summed E-state index contributed by atoms with van der Waals surface area (Å²) in [4.78, 5) is 25.1. The molecular weight excluding hydrogens is 372 g/mol. The fraction of sp³-hybridized carbons (Fsp3) is 0.176. The van der Waals surface area contributed by atoms with Crippen LogP contribution in [0.1, 0.15) is 12.5 Å². The summed E-state index contributed by atoms with van der Waals surface area (Å²) in [7, 11) is 0. The van der Waals surface area contributed by atoms with Crippen molar-refractivity contribution in [3.05, 3.63) is 47.1 Å². The first kappa shape index (κ1) is 18.2. The van der Waals surface area contributed by atoms with Crippen molar-refractivity contribution in [3.63, 3.8) is 0 Å². The smallest absolute Gasteiger partial charge is 0.333 e. The molecule has 3 aromatic rings. The Bertz CT molecular complexity index is 947. The van der Waals surface area contributed by atoms with Gasteiger partial charge in [0.15, 0.2) is 11.5 Å². The second-order valence-corrected chi connectivity index (χ2v) is 6.28. The number of hydrogen-bond donors (Lipinski definition) is 3. The van der Waals surface area contributed by atoms with Gasteiger partial charge in [0.2, 0.25) is 0 Å². The first-order chi connectivity index (χ1) is 12.5. The van der Waals surface area contributed by atoms with Crippen LogP contribution >= 0.6 is 24.4 Å². The van der Waals surface area contributed by atoms with E-state index >= 15 is 0 Å². The molecule has 2 N–H and O–H groups in total. The number of para-hydroxylation sites is 1. The summed E-state index contributed by atoms with van der Waals surface area (Å²) in [5.41, 5.74) is 2.74. The maximum atomic E-state index is 11.9. The predicted molar refractivity (Wildman–Crippen MR) is 107 cm³/mol. The van der Waals surface area contributed by atoms with Crippen LogP contribution in [-0.2, 0) is 0 Å². The Morgan fingerprint density at radius 3 is 2.81 bits per heavy atom. The van der Waals surface area contributed by atoms with Crippen LogP contribution < -0.4 is 14.9 Å². The van der Waals surface area contributed by atoms with Crippen LogP contribution in [0.5, 0.6) is 0 Å². The van der Waals surface area contributed by atoms with Crippen molar-refractivity contribution in [1.29, 1.82) is 0 Å². The molecule has 0 unspecified atom stereocenters. The molecule has 0 atom stereocenters. The maximum absolute atomic E-state index is 11.9. The number of aromatic nitrogens is 3. The number of nitrogens with zero attached hydrogens (tertiary/aromatic N) is 4. The molecule has 9 heteroatoms. The summed E-state index contributed by atoms with van der Waals surface area (Å²) < 4.78 is 1.13. The minimum atomic E-state index is -0.364. The van der Waals surface area contributed by atoms with E-state index in [-0.39, 0.29) is 6.03 Å². The summed E-state index contributed by atoms with van der Waals surface area (Å²) >= 11 is 10.4. The molecular formula is C17H17ClN6OS. The number of amides is 2. The number of thiol groups is 1. The molecule has 2 amide bonds. The fourth-order valence-corrected chi connectivity index (χ4v) is 2.77. The van der Waals surface area contributed by atoms with Crippen molar-refractivity contribution >= 4 is 58.9 Å². The van der Waals surface area contributed by atoms with Crippen molar-refractivity contribution in [2.45, 2.75) is 13.8 Å². The number of carbonyl (C=O) groups excluding carboxylic acids is 1. The third-order valence-electron chi connectivity index (χ3n) is 3.60. The highest BCUT2D eigenvalue weighted by molar-refractivity contribution is 7.82. The van der Waals surface area contributed by atoms with Gasteiger partial charge in [-0.25, -0.2) is 24.1 Å². The predicted octanol–water partition coefficient (Wildman–Crippen LogP) is 4.11. The van der Waals surface area contributed by atoms with Gasteiger partial charge in [0.05, 0.1) is 16.9 Å². The van der Waals surface area contributed by atoms with Gasteiger partial charge < -0.3 is 10.6 Å². The molecule has 0 radical (unpaired) electrons. The molecule has 0 bridgehead atoms. The van der Waals surface area contributed by atoms with E-state index in [1.54, 1.807) is 24.4 Å². The van der Waals surface area contributed by atoms with Gasteiger partial charge in [-0.05, 0) is 37.6 Å². The van der Waals surface area contributed by atoms with Gasteiger partial charge >= 0.3 is 6.03 Å². The molecule has 0 saturated heterocycles. The Hall–Kier alpha value is -2.58. The molecule has 3 rings (SSSR count). The zero-order valence-corrected chi connectivity index (χ0v) is 15.8. The normalized spacial score (nSPS) is 10.6. The standard InChI is InChI=1S/C17H17ClN6OS/c1-3-19-17(25)24(26)14-8-7-12-16(23-14)22-13(9-20-12)21-15-10(2)5-4-6-11(15)18/h4-9,26H,3H2,1-2H3,(H,19,25)(H,21,22,23). The molecule has 0 spiro atoms. The summed E-state index contributed by atoms with van der Waals surface area (Å²) in [6.07, 6.45) is 1.61. The SMILES string of the molecule is CCNC(=O)N(S)c1ccc2ncc(Nc3c(C)cccc3Cl)nc2n1. The third kappa shape index (κ3) is 3.81. The largest absolute Gasteiger partial charge is 0.337 e. The van der Waals surface area contributed by atoms with E-state index in [0.717, 1.165) is 15.6 Å². The van der Waals surface area contributed by atoms with Crippen LogP contribution in [0.3, 0.4) is 0 Å². The first-order valence-electron chi connectivity index (χ1n) is 7.92. The molecule has 26 heavy (non-hydrogen) atoms. The Labute approximate surface area is 161 Å². The minimum absolute atomic E-state index is 0.354. The number of anilines is 3. The molecule has 2 aromatic heterocycles. The van der Waals surface area contributed by atoms with E-state index < -0.39 is 0 Å². The Morgan fingerprint density at radius 1 is 1.27 bits per heavy atom. The summed E-state index contributed by atoms with van der Waals surface area (Å²) in [5.74, 6) is 0.856. The first-order valence-corrected chi connectivity index (χ1v) is 8.70. The number of hydrogen-bond acceptors (Lipinski definition) is 6. The molecule has 2 heterocycles. The van der Waals surface area contributed by atoms with Gasteiger partial charge in [-0.15, -0.1) is 0 Å². The lowest BCUT2D eigenvalue weighted by molar-refractivity contribution is 0.250. The minimum Gasteiger partial charge on any atom is -0.337 e. The molecule has 0 saturated carbocycles. The highest BCUT2D eigenvalue weighted by Gasteiger charge is 2.14. The lowest BCUT2D eigenvalue weighted by Crippen LogP contribution is -2.34. The molecule has 0 aliphatic rings. The van der Waals surface area contributed by atoms with Crippen LogP contribution in [0.2, 0.25) is 5.02 Å². The third-order valence-corrected chi connectivity index (χ3v) is 4.31. The van der Waals surface area contributed by atoms with E-state index in [9.17, 15) is 4.79 Å². The van der Waals surface area contributed by atoms with E-state index in [4.69, 9.17) is 11.6 Å². The van der Waals surface area contributed by atoms with Crippen molar-refractivity contribution in [1.82, 2.24) is 20.3 Å². The van der Waals surface area contributed by atoms with E-state index in [0.29, 0.717) is 34.4 Å². The highest BCUT2D eigenvalue weighted by atomic mass is 35.5. The number of urea groups is 1. The average Bonchev–Trinajstić information content (AvgIpc) is 2.64. The van der Waals surface area contributed by atoms with Crippen LogP contribution in [-0.4, -0.2) is 27.5 Å². The number of aryl methyl sites for hydroxylation is 1. The van der Waals surface area contributed by atoms with E-state index in [2.05, 4.69) is 38.4 Å². The second kappa shape index (κ2) is 7.76. The monoisotopic (exact) mass is 388 g/mol. The number of benzene rings is 1. The zero-order chi connectivity index (χ0) is 18.7. The molecule has 0 aliphatic carbocycles. The van der Waals surface area contributed by atoms with Crippen LogP contribution in [0, 0.1) is 6.92 Å². The van der Waals surface area contributed by atoms with Crippen molar-refractivity contribution in [2.24, 2.45) is 0 Å². The summed E-state index contributed by atoms with van der Waals surface area (Å²) in [5, 5.41) is 6.41. The van der Waals surface area contributed by atoms with Gasteiger partial charge in [0, 0.05) is 6.54 Å². The van der Waals surface area contributed by atoms with Crippen LogP contribution in [0.15, 0.2) is 36.5 Å². The number of carbonyl (C=O) groups is 1. The Morgan fingerprint density at radius 2 is 2.08 bits per heavy atom. The van der Waals surface area contributed by atoms with Gasteiger partial charge in [-0.1, -0.05) is 36.5 Å². The molecule has 0 aliphatic heterocycles. The van der Waals surface area contributed by atoms with Gasteiger partial charge in [0.1, 0.15) is 11.3 Å². The van der Waals surface area contributed by atoms with Gasteiger partial charge in [-0.2, -0.15) is 0 Å². The van der Waals surface area contributed by atoms with Crippen molar-refractivity contribution in [2.75, 3.05) is 16.2 Å². The summed E-state index contributed by atoms with van der Waals surface area (Å²) in [6, 6.07) is 8.65. The lowest BCUT2D eigenvalue weighted by Gasteiger charge is -2.15. The fourth-order valence-electron chi connectivity index (χ4n) is 2.31. The number of halogens is 1. The quantitative estimate of drug-likeness (QED) is 0.586. The maximum Gasteiger partial charge on any atom is 0.333 e. The lowest BCUT2D eigenvalue weighted by atomic mass is 10.2. The van der Waals surface area contributed by atoms with E-state index in [1.165, 1.54) is 0 Å². The number of nitrogens with one attached hydrogen (secondary N) is 2. The highest BCUT2D eigenvalue weighted by Crippen LogP contribution is 2.28. The van der Waals surface area contributed by atoms with Crippen LogP contribution in [0.25, 0.3) is 11.2 Å². The second-order valence-electron chi connectivity index (χ2n) is 5.47. The van der Waals surface area contributed by atoms with Crippen LogP contribution in [0.4, 0.5) is 22.1 Å². The number of fused-ring (bicyclic) bond motifs is 1. The molecule has 0 fully saturated rings.